The van der Waals surface area contributed by atoms with Crippen LogP contribution < -0.4 is 10.3 Å². The van der Waals surface area contributed by atoms with Crippen LogP contribution in [0.1, 0.15) is 11.1 Å². The van der Waals surface area contributed by atoms with Crippen molar-refractivity contribution in [3.63, 3.8) is 0 Å². The van der Waals surface area contributed by atoms with Gasteiger partial charge in [0.2, 0.25) is 0 Å². The Bertz CT molecular complexity index is 803. The molecule has 1 aromatic carbocycles. The molecule has 0 bridgehead atoms. The van der Waals surface area contributed by atoms with Crippen LogP contribution in [0.3, 0.4) is 0 Å². The number of rotatable bonds is 4. The van der Waals surface area contributed by atoms with Gasteiger partial charge in [0.15, 0.2) is 0 Å². The number of carboxylic acids is 1. The zero-order valence-corrected chi connectivity index (χ0v) is 12.7. The molecule has 0 spiro atoms. The predicted octanol–water partition coefficient (Wildman–Crippen LogP) is 2.47. The monoisotopic (exact) mass is 299 g/mol. The summed E-state index contributed by atoms with van der Waals surface area (Å²) in [6, 6.07) is 9.12. The fourth-order valence-electron chi connectivity index (χ4n) is 2.24. The van der Waals surface area contributed by atoms with Crippen LogP contribution in [-0.2, 0) is 11.8 Å². The Morgan fingerprint density at radius 1 is 1.27 bits per heavy atom. The van der Waals surface area contributed by atoms with Crippen LogP contribution in [0.2, 0.25) is 0 Å². The Morgan fingerprint density at radius 3 is 2.64 bits per heavy atom. The molecule has 22 heavy (non-hydrogen) atoms. The number of carbonyl (C=O) groups is 1. The summed E-state index contributed by atoms with van der Waals surface area (Å²) in [6.07, 6.45) is 2.24. The van der Waals surface area contributed by atoms with Crippen LogP contribution >= 0.6 is 0 Å². The Morgan fingerprint density at radius 2 is 2.00 bits per heavy atom. The molecule has 0 saturated heterocycles. The standard InChI is InChI=1S/C17H17NO4/c1-11-4-8-15(22-3)13(10-11)14-7-5-12(6-9-16(19)20)17(21)18(14)2/h4-10H,1-3H3,(H,19,20)/b9-6+. The van der Waals surface area contributed by atoms with Gasteiger partial charge in [-0.2, -0.15) is 0 Å². The minimum atomic E-state index is -1.09. The first-order valence-corrected chi connectivity index (χ1v) is 6.70. The van der Waals surface area contributed by atoms with Crippen LogP contribution in [-0.4, -0.2) is 22.8 Å². The number of hydrogen-bond donors (Lipinski definition) is 1. The summed E-state index contributed by atoms with van der Waals surface area (Å²) < 4.78 is 6.84. The van der Waals surface area contributed by atoms with Crippen molar-refractivity contribution >= 4 is 12.0 Å². The maximum Gasteiger partial charge on any atom is 0.328 e. The number of benzene rings is 1. The summed E-state index contributed by atoms with van der Waals surface area (Å²) in [7, 11) is 3.23. The fraction of sp³-hybridized carbons (Fsp3) is 0.176. The van der Waals surface area contributed by atoms with Crippen LogP contribution in [0.4, 0.5) is 0 Å². The third-order valence-corrected chi connectivity index (χ3v) is 3.37. The first kappa shape index (κ1) is 15.6. The van der Waals surface area contributed by atoms with Gasteiger partial charge in [-0.25, -0.2) is 4.79 Å². The van der Waals surface area contributed by atoms with Crippen molar-refractivity contribution in [2.75, 3.05) is 7.11 Å². The second-order valence-corrected chi connectivity index (χ2v) is 4.91. The predicted molar refractivity (Wildman–Crippen MR) is 85.1 cm³/mol. The molecule has 0 fully saturated rings. The highest BCUT2D eigenvalue weighted by Gasteiger charge is 2.11. The van der Waals surface area contributed by atoms with E-state index in [-0.39, 0.29) is 5.56 Å². The minimum Gasteiger partial charge on any atom is -0.496 e. The maximum absolute atomic E-state index is 12.3. The van der Waals surface area contributed by atoms with Crippen molar-refractivity contribution in [1.29, 1.82) is 0 Å². The molecule has 0 aliphatic heterocycles. The first-order chi connectivity index (χ1) is 10.4. The third kappa shape index (κ3) is 3.09. The Labute approximate surface area is 128 Å². The highest BCUT2D eigenvalue weighted by molar-refractivity contribution is 5.85. The molecule has 0 aliphatic rings. The van der Waals surface area contributed by atoms with E-state index >= 15 is 0 Å². The number of ether oxygens (including phenoxy) is 1. The molecular formula is C17H17NO4. The number of methoxy groups -OCH3 is 1. The van der Waals surface area contributed by atoms with E-state index in [1.165, 1.54) is 10.6 Å². The van der Waals surface area contributed by atoms with Gasteiger partial charge in [0, 0.05) is 24.3 Å². The van der Waals surface area contributed by atoms with Crippen LogP contribution in [0, 0.1) is 6.92 Å². The Hall–Kier alpha value is -2.82. The lowest BCUT2D eigenvalue weighted by Crippen LogP contribution is -2.20. The van der Waals surface area contributed by atoms with Crippen LogP contribution in [0.15, 0.2) is 41.2 Å². The van der Waals surface area contributed by atoms with Gasteiger partial charge >= 0.3 is 5.97 Å². The van der Waals surface area contributed by atoms with Crippen LogP contribution in [0.5, 0.6) is 5.75 Å². The van der Waals surface area contributed by atoms with Crippen molar-refractivity contribution in [3.8, 4) is 17.0 Å². The summed E-state index contributed by atoms with van der Waals surface area (Å²) in [5.41, 5.74) is 2.63. The summed E-state index contributed by atoms with van der Waals surface area (Å²) in [6.45, 7) is 1.96. The smallest absolute Gasteiger partial charge is 0.328 e. The van der Waals surface area contributed by atoms with E-state index < -0.39 is 5.97 Å². The highest BCUT2D eigenvalue weighted by Crippen LogP contribution is 2.30. The number of nitrogens with zero attached hydrogens (tertiary/aromatic N) is 1. The van der Waals surface area contributed by atoms with Gasteiger partial charge in [-0.3, -0.25) is 4.79 Å². The molecule has 2 rings (SSSR count). The number of carboxylic acid groups (broad SMARTS) is 1. The molecule has 0 unspecified atom stereocenters. The molecule has 5 heteroatoms. The van der Waals surface area contributed by atoms with Gasteiger partial charge in [0.1, 0.15) is 5.75 Å². The molecule has 2 aromatic rings. The number of aryl methyl sites for hydroxylation is 1. The van der Waals surface area contributed by atoms with E-state index in [4.69, 9.17) is 9.84 Å². The second kappa shape index (κ2) is 6.30. The zero-order valence-electron chi connectivity index (χ0n) is 12.7. The molecule has 114 valence electrons. The Balaban J connectivity index is 2.60. The largest absolute Gasteiger partial charge is 0.496 e. The quantitative estimate of drug-likeness (QED) is 0.881. The summed E-state index contributed by atoms with van der Waals surface area (Å²) >= 11 is 0. The third-order valence-electron chi connectivity index (χ3n) is 3.37. The molecule has 0 amide bonds. The van der Waals surface area contributed by atoms with Gasteiger partial charge < -0.3 is 14.4 Å². The molecule has 0 radical (unpaired) electrons. The first-order valence-electron chi connectivity index (χ1n) is 6.70. The molecule has 1 aromatic heterocycles. The molecule has 1 N–H and O–H groups in total. The second-order valence-electron chi connectivity index (χ2n) is 4.91. The van der Waals surface area contributed by atoms with Crippen molar-refractivity contribution in [3.05, 3.63) is 57.9 Å². The van der Waals surface area contributed by atoms with E-state index in [1.54, 1.807) is 26.3 Å². The van der Waals surface area contributed by atoms with Gasteiger partial charge in [-0.05, 0) is 37.3 Å². The summed E-state index contributed by atoms with van der Waals surface area (Å²) in [4.78, 5) is 22.9. The molecule has 0 aliphatic carbocycles. The SMILES string of the molecule is COc1ccc(C)cc1-c1ccc(/C=C/C(=O)O)c(=O)n1C. The number of aromatic nitrogens is 1. The molecule has 5 nitrogen and oxygen atoms in total. The lowest BCUT2D eigenvalue weighted by molar-refractivity contribution is -0.131. The van der Waals surface area contributed by atoms with E-state index in [0.29, 0.717) is 17.0 Å². The van der Waals surface area contributed by atoms with Crippen molar-refractivity contribution in [2.45, 2.75) is 6.92 Å². The van der Waals surface area contributed by atoms with Gasteiger partial charge in [0.25, 0.3) is 5.56 Å². The van der Waals surface area contributed by atoms with Crippen molar-refractivity contribution in [2.24, 2.45) is 7.05 Å². The normalized spacial score (nSPS) is 10.9. The van der Waals surface area contributed by atoms with E-state index in [1.807, 2.05) is 25.1 Å². The summed E-state index contributed by atoms with van der Waals surface area (Å²) in [5, 5.41) is 8.65. The van der Waals surface area contributed by atoms with Gasteiger partial charge in [-0.15, -0.1) is 0 Å². The van der Waals surface area contributed by atoms with Gasteiger partial charge in [0.05, 0.1) is 12.8 Å². The lowest BCUT2D eigenvalue weighted by Gasteiger charge is -2.13. The number of hydrogen-bond acceptors (Lipinski definition) is 3. The Kier molecular flexibility index (Phi) is 4.46. The zero-order chi connectivity index (χ0) is 16.3. The lowest BCUT2D eigenvalue weighted by atomic mass is 10.1. The van der Waals surface area contributed by atoms with E-state index in [9.17, 15) is 9.59 Å². The van der Waals surface area contributed by atoms with Gasteiger partial charge in [-0.1, -0.05) is 11.6 Å². The average Bonchev–Trinajstić information content (AvgIpc) is 2.48. The topological polar surface area (TPSA) is 68.5 Å². The van der Waals surface area contributed by atoms with E-state index in [2.05, 4.69) is 0 Å². The fourth-order valence-corrected chi connectivity index (χ4v) is 2.24. The van der Waals surface area contributed by atoms with Crippen molar-refractivity contribution < 1.29 is 14.6 Å². The molecular weight excluding hydrogens is 282 g/mol. The minimum absolute atomic E-state index is 0.265. The summed E-state index contributed by atoms with van der Waals surface area (Å²) in [5.74, 6) is -0.416. The number of aliphatic carboxylic acids is 1. The van der Waals surface area contributed by atoms with Crippen molar-refractivity contribution in [1.82, 2.24) is 4.57 Å². The number of pyridine rings is 1. The maximum atomic E-state index is 12.3. The molecule has 1 heterocycles. The van der Waals surface area contributed by atoms with E-state index in [0.717, 1.165) is 17.2 Å². The highest BCUT2D eigenvalue weighted by atomic mass is 16.5. The molecule has 0 saturated carbocycles. The van der Waals surface area contributed by atoms with Crippen LogP contribution in [0.25, 0.3) is 17.3 Å². The average molecular weight is 299 g/mol. The molecule has 0 atom stereocenters.